The molecule has 0 saturated heterocycles. The third-order valence-electron chi connectivity index (χ3n) is 3.59. The Morgan fingerprint density at radius 2 is 2.05 bits per heavy atom. The lowest BCUT2D eigenvalue weighted by atomic mass is 9.93. The average Bonchev–Trinajstić information content (AvgIpc) is 2.89. The number of para-hydroxylation sites is 1. The van der Waals surface area contributed by atoms with Crippen LogP contribution in [0.2, 0.25) is 0 Å². The van der Waals surface area contributed by atoms with Crippen molar-refractivity contribution >= 4 is 16.9 Å². The number of hydrogen-bond donors (Lipinski definition) is 1. The molecule has 2 aromatic rings. The third kappa shape index (κ3) is 3.64. The second-order valence-corrected chi connectivity index (χ2v) is 6.24. The van der Waals surface area contributed by atoms with Crippen molar-refractivity contribution in [2.45, 2.75) is 27.2 Å². The molecule has 4 heteroatoms. The highest BCUT2D eigenvalue weighted by Crippen LogP contribution is 2.22. The number of nitrogens with zero attached hydrogens (tertiary/aromatic N) is 1. The van der Waals surface area contributed by atoms with E-state index in [2.05, 4.69) is 20.8 Å². The predicted molar refractivity (Wildman–Crippen MR) is 85.2 cm³/mol. The number of fused-ring (bicyclic) bond motifs is 1. The molecule has 0 unspecified atom stereocenters. The van der Waals surface area contributed by atoms with Gasteiger partial charge in [0.15, 0.2) is 5.76 Å². The van der Waals surface area contributed by atoms with E-state index < -0.39 is 0 Å². The number of carbonyl (C=O) groups is 1. The summed E-state index contributed by atoms with van der Waals surface area (Å²) in [5, 5.41) is 0.954. The lowest BCUT2D eigenvalue weighted by Gasteiger charge is -2.31. The number of hydrogen-bond acceptors (Lipinski definition) is 3. The molecule has 2 rings (SSSR count). The lowest BCUT2D eigenvalue weighted by Crippen LogP contribution is -2.42. The summed E-state index contributed by atoms with van der Waals surface area (Å²) in [5.41, 5.74) is 6.43. The van der Waals surface area contributed by atoms with E-state index in [1.165, 1.54) is 0 Å². The first-order chi connectivity index (χ1) is 9.96. The number of rotatable bonds is 6. The Hall–Kier alpha value is -1.81. The Morgan fingerprint density at radius 3 is 2.67 bits per heavy atom. The van der Waals surface area contributed by atoms with Gasteiger partial charge in [0.05, 0.1) is 0 Å². The molecular formula is C17H24N2O2. The van der Waals surface area contributed by atoms with E-state index in [0.717, 1.165) is 17.4 Å². The van der Waals surface area contributed by atoms with Crippen molar-refractivity contribution in [2.24, 2.45) is 11.1 Å². The molecule has 114 valence electrons. The average molecular weight is 288 g/mol. The van der Waals surface area contributed by atoms with Crippen LogP contribution in [0.5, 0.6) is 0 Å². The minimum Gasteiger partial charge on any atom is -0.451 e. The number of benzene rings is 1. The quantitative estimate of drug-likeness (QED) is 0.887. The molecule has 0 bridgehead atoms. The SMILES string of the molecule is CCCN(CC(C)(C)CN)C(=O)c1cc2ccccc2o1. The van der Waals surface area contributed by atoms with Crippen LogP contribution in [-0.4, -0.2) is 30.4 Å². The van der Waals surface area contributed by atoms with Gasteiger partial charge in [0.2, 0.25) is 0 Å². The van der Waals surface area contributed by atoms with E-state index >= 15 is 0 Å². The van der Waals surface area contributed by atoms with Gasteiger partial charge in [-0.25, -0.2) is 0 Å². The van der Waals surface area contributed by atoms with Crippen molar-refractivity contribution in [1.82, 2.24) is 4.90 Å². The fourth-order valence-electron chi connectivity index (χ4n) is 2.35. The molecule has 1 aromatic carbocycles. The summed E-state index contributed by atoms with van der Waals surface area (Å²) < 4.78 is 5.68. The van der Waals surface area contributed by atoms with Gasteiger partial charge in [0.25, 0.3) is 5.91 Å². The van der Waals surface area contributed by atoms with Gasteiger partial charge in [-0.3, -0.25) is 4.79 Å². The van der Waals surface area contributed by atoms with Crippen LogP contribution in [0.1, 0.15) is 37.7 Å². The third-order valence-corrected chi connectivity index (χ3v) is 3.59. The Kier molecular flexibility index (Phi) is 4.68. The predicted octanol–water partition coefficient (Wildman–Crippen LogP) is 3.27. The number of nitrogens with two attached hydrogens (primary N) is 1. The molecular weight excluding hydrogens is 264 g/mol. The number of carbonyl (C=O) groups excluding carboxylic acids is 1. The molecule has 0 aliphatic rings. The van der Waals surface area contributed by atoms with Crippen LogP contribution in [0, 0.1) is 5.41 Å². The van der Waals surface area contributed by atoms with Crippen molar-refractivity contribution in [3.63, 3.8) is 0 Å². The van der Waals surface area contributed by atoms with E-state index in [9.17, 15) is 4.79 Å². The molecule has 0 aliphatic carbocycles. The molecule has 0 fully saturated rings. The van der Waals surface area contributed by atoms with Crippen LogP contribution in [0.15, 0.2) is 34.7 Å². The molecule has 2 N–H and O–H groups in total. The van der Waals surface area contributed by atoms with Crippen molar-refractivity contribution in [3.8, 4) is 0 Å². The van der Waals surface area contributed by atoms with Crippen LogP contribution >= 0.6 is 0 Å². The maximum absolute atomic E-state index is 12.7. The van der Waals surface area contributed by atoms with Gasteiger partial charge in [0, 0.05) is 18.5 Å². The van der Waals surface area contributed by atoms with E-state index in [-0.39, 0.29) is 11.3 Å². The summed E-state index contributed by atoms with van der Waals surface area (Å²) in [6.45, 7) is 8.09. The molecule has 4 nitrogen and oxygen atoms in total. The topological polar surface area (TPSA) is 59.5 Å². The van der Waals surface area contributed by atoms with Crippen LogP contribution in [0.3, 0.4) is 0 Å². The summed E-state index contributed by atoms with van der Waals surface area (Å²) in [4.78, 5) is 14.5. The van der Waals surface area contributed by atoms with Gasteiger partial charge in [-0.05, 0) is 30.5 Å². The van der Waals surface area contributed by atoms with Crippen LogP contribution in [0.4, 0.5) is 0 Å². The van der Waals surface area contributed by atoms with Crippen molar-refractivity contribution in [1.29, 1.82) is 0 Å². The van der Waals surface area contributed by atoms with E-state index in [1.807, 2.05) is 35.2 Å². The van der Waals surface area contributed by atoms with Crippen LogP contribution in [-0.2, 0) is 0 Å². The summed E-state index contributed by atoms with van der Waals surface area (Å²) in [6.07, 6.45) is 0.909. The highest BCUT2D eigenvalue weighted by atomic mass is 16.3. The van der Waals surface area contributed by atoms with Gasteiger partial charge >= 0.3 is 0 Å². The normalized spacial score (nSPS) is 11.8. The number of amides is 1. The summed E-state index contributed by atoms with van der Waals surface area (Å²) in [5.74, 6) is 0.340. The van der Waals surface area contributed by atoms with Gasteiger partial charge in [0.1, 0.15) is 5.58 Å². The monoisotopic (exact) mass is 288 g/mol. The summed E-state index contributed by atoms with van der Waals surface area (Å²) in [6, 6.07) is 9.48. The lowest BCUT2D eigenvalue weighted by molar-refractivity contribution is 0.0660. The van der Waals surface area contributed by atoms with Gasteiger partial charge in [-0.1, -0.05) is 39.0 Å². The first kappa shape index (κ1) is 15.6. The highest BCUT2D eigenvalue weighted by molar-refractivity contribution is 5.96. The van der Waals surface area contributed by atoms with E-state index in [0.29, 0.717) is 25.4 Å². The first-order valence-corrected chi connectivity index (χ1v) is 7.45. The zero-order valence-electron chi connectivity index (χ0n) is 13.1. The van der Waals surface area contributed by atoms with Gasteiger partial charge in [-0.15, -0.1) is 0 Å². The Labute approximate surface area is 125 Å². The first-order valence-electron chi connectivity index (χ1n) is 7.45. The van der Waals surface area contributed by atoms with Crippen molar-refractivity contribution in [2.75, 3.05) is 19.6 Å². The summed E-state index contributed by atoms with van der Waals surface area (Å²) in [7, 11) is 0. The molecule has 21 heavy (non-hydrogen) atoms. The molecule has 0 spiro atoms. The Morgan fingerprint density at radius 1 is 1.33 bits per heavy atom. The van der Waals surface area contributed by atoms with Crippen LogP contribution in [0.25, 0.3) is 11.0 Å². The molecule has 1 amide bonds. The Balaban J connectivity index is 2.25. The zero-order valence-corrected chi connectivity index (χ0v) is 13.1. The van der Waals surface area contributed by atoms with E-state index in [1.54, 1.807) is 0 Å². The molecule has 0 aliphatic heterocycles. The second kappa shape index (κ2) is 6.31. The highest BCUT2D eigenvalue weighted by Gasteiger charge is 2.26. The van der Waals surface area contributed by atoms with E-state index in [4.69, 9.17) is 10.2 Å². The maximum Gasteiger partial charge on any atom is 0.289 e. The largest absolute Gasteiger partial charge is 0.451 e. The molecule has 1 aromatic heterocycles. The maximum atomic E-state index is 12.7. The van der Waals surface area contributed by atoms with Gasteiger partial charge < -0.3 is 15.1 Å². The van der Waals surface area contributed by atoms with Crippen LogP contribution < -0.4 is 5.73 Å². The summed E-state index contributed by atoms with van der Waals surface area (Å²) >= 11 is 0. The molecule has 1 heterocycles. The smallest absolute Gasteiger partial charge is 0.289 e. The Bertz CT molecular complexity index is 583. The fraction of sp³-hybridized carbons (Fsp3) is 0.471. The minimum absolute atomic E-state index is 0.0606. The molecule has 0 atom stereocenters. The number of furan rings is 1. The van der Waals surface area contributed by atoms with Crippen molar-refractivity contribution < 1.29 is 9.21 Å². The standard InChI is InChI=1S/C17H24N2O2/c1-4-9-19(12-17(2,3)11-18)16(20)15-10-13-7-5-6-8-14(13)21-15/h5-8,10H,4,9,11-12,18H2,1-3H3. The van der Waals surface area contributed by atoms with Gasteiger partial charge in [-0.2, -0.15) is 0 Å². The second-order valence-electron chi connectivity index (χ2n) is 6.24. The minimum atomic E-state index is -0.100. The molecule has 0 saturated carbocycles. The molecule has 0 radical (unpaired) electrons. The fourth-order valence-corrected chi connectivity index (χ4v) is 2.35. The zero-order chi connectivity index (χ0) is 15.5. The van der Waals surface area contributed by atoms with Crippen molar-refractivity contribution in [3.05, 3.63) is 36.1 Å².